The average Bonchev–Trinajstić information content (AvgIpc) is 3.34. The Bertz CT molecular complexity index is 755. The van der Waals surface area contributed by atoms with Crippen LogP contribution in [0.2, 0.25) is 0 Å². The summed E-state index contributed by atoms with van der Waals surface area (Å²) in [6.07, 6.45) is 10.2. The highest BCUT2D eigenvalue weighted by molar-refractivity contribution is 5.92. The van der Waals surface area contributed by atoms with E-state index in [1.807, 2.05) is 4.57 Å². The van der Waals surface area contributed by atoms with Gasteiger partial charge in [0.15, 0.2) is 0 Å². The van der Waals surface area contributed by atoms with Crippen molar-refractivity contribution in [3.63, 3.8) is 0 Å². The lowest BCUT2D eigenvalue weighted by atomic mass is 10.1. The highest BCUT2D eigenvalue weighted by atomic mass is 16.2. The van der Waals surface area contributed by atoms with Gasteiger partial charge in [0.2, 0.25) is 5.91 Å². The Hall–Kier alpha value is -2.77. The third kappa shape index (κ3) is 2.86. The highest BCUT2D eigenvalue weighted by Gasteiger charge is 2.34. The van der Waals surface area contributed by atoms with Crippen molar-refractivity contribution in [3.05, 3.63) is 42.5 Å². The van der Waals surface area contributed by atoms with Gasteiger partial charge in [0.1, 0.15) is 11.7 Å². The number of hydrogen-bond donors (Lipinski definition) is 1. The number of aromatic nitrogens is 4. The zero-order valence-electron chi connectivity index (χ0n) is 13.1. The standard InChI is InChI=1S/C16H18N6O2/c23-15(20-5-11-1-2-11)14-9-21(8-12-6-18-10-22(12)14)16(24)13-7-17-3-4-19-13/h3-4,6-7,10-11,14H,1-2,5,8-9H2,(H,20,23). The maximum absolute atomic E-state index is 12.6. The van der Waals surface area contributed by atoms with E-state index in [0.717, 1.165) is 5.69 Å². The lowest BCUT2D eigenvalue weighted by Gasteiger charge is -2.33. The van der Waals surface area contributed by atoms with E-state index >= 15 is 0 Å². The molecule has 0 saturated heterocycles. The molecular weight excluding hydrogens is 308 g/mol. The van der Waals surface area contributed by atoms with Gasteiger partial charge in [-0.3, -0.25) is 14.6 Å². The second-order valence-corrected chi connectivity index (χ2v) is 6.27. The largest absolute Gasteiger partial charge is 0.354 e. The minimum atomic E-state index is -0.462. The normalized spacial score (nSPS) is 19.7. The first-order chi connectivity index (χ1) is 11.7. The average molecular weight is 326 g/mol. The fourth-order valence-electron chi connectivity index (χ4n) is 2.91. The molecule has 1 unspecified atom stereocenters. The monoisotopic (exact) mass is 326 g/mol. The molecule has 2 aromatic rings. The third-order valence-electron chi connectivity index (χ3n) is 4.46. The van der Waals surface area contributed by atoms with Crippen LogP contribution in [0, 0.1) is 5.92 Å². The van der Waals surface area contributed by atoms with Gasteiger partial charge in [0.25, 0.3) is 5.91 Å². The molecule has 124 valence electrons. The molecule has 8 heteroatoms. The van der Waals surface area contributed by atoms with Crippen LogP contribution in [-0.2, 0) is 11.3 Å². The van der Waals surface area contributed by atoms with E-state index in [-0.39, 0.29) is 17.5 Å². The molecule has 1 atom stereocenters. The Balaban J connectivity index is 1.54. The molecule has 0 radical (unpaired) electrons. The van der Waals surface area contributed by atoms with Crippen LogP contribution in [0.1, 0.15) is 35.1 Å². The zero-order valence-corrected chi connectivity index (χ0v) is 13.1. The molecule has 1 aliphatic heterocycles. The van der Waals surface area contributed by atoms with Crippen molar-refractivity contribution < 1.29 is 9.59 Å². The van der Waals surface area contributed by atoms with E-state index in [0.29, 0.717) is 25.6 Å². The Kier molecular flexibility index (Phi) is 3.72. The van der Waals surface area contributed by atoms with Crippen LogP contribution in [0.3, 0.4) is 0 Å². The van der Waals surface area contributed by atoms with Gasteiger partial charge in [-0.15, -0.1) is 0 Å². The van der Waals surface area contributed by atoms with Crippen LogP contribution < -0.4 is 5.32 Å². The van der Waals surface area contributed by atoms with Crippen molar-refractivity contribution in [2.75, 3.05) is 13.1 Å². The number of hydrogen-bond acceptors (Lipinski definition) is 5. The number of carbonyl (C=O) groups is 2. The van der Waals surface area contributed by atoms with E-state index in [1.165, 1.54) is 31.4 Å². The van der Waals surface area contributed by atoms with Crippen LogP contribution in [0.5, 0.6) is 0 Å². The van der Waals surface area contributed by atoms with Crippen molar-refractivity contribution in [1.82, 2.24) is 29.7 Å². The second-order valence-electron chi connectivity index (χ2n) is 6.27. The van der Waals surface area contributed by atoms with Crippen LogP contribution in [0.15, 0.2) is 31.1 Å². The van der Waals surface area contributed by atoms with Gasteiger partial charge in [-0.25, -0.2) is 9.97 Å². The molecule has 1 fully saturated rings. The van der Waals surface area contributed by atoms with Crippen molar-refractivity contribution in [3.8, 4) is 0 Å². The minimum absolute atomic E-state index is 0.0715. The lowest BCUT2D eigenvalue weighted by Crippen LogP contribution is -2.47. The number of rotatable bonds is 4. The topological polar surface area (TPSA) is 93.0 Å². The molecule has 2 amide bonds. The molecule has 2 aromatic heterocycles. The fraction of sp³-hybridized carbons (Fsp3) is 0.438. The quantitative estimate of drug-likeness (QED) is 0.878. The van der Waals surface area contributed by atoms with Gasteiger partial charge < -0.3 is 14.8 Å². The first-order valence-electron chi connectivity index (χ1n) is 8.06. The first-order valence-corrected chi connectivity index (χ1v) is 8.06. The van der Waals surface area contributed by atoms with E-state index in [4.69, 9.17) is 0 Å². The molecule has 0 spiro atoms. The fourth-order valence-corrected chi connectivity index (χ4v) is 2.91. The smallest absolute Gasteiger partial charge is 0.274 e. The summed E-state index contributed by atoms with van der Waals surface area (Å²) in [5.74, 6) is 0.311. The van der Waals surface area contributed by atoms with Gasteiger partial charge in [0.05, 0.1) is 31.3 Å². The first kappa shape index (κ1) is 14.8. The van der Waals surface area contributed by atoms with Gasteiger partial charge in [-0.2, -0.15) is 0 Å². The molecule has 0 bridgehead atoms. The van der Waals surface area contributed by atoms with E-state index in [2.05, 4.69) is 20.3 Å². The van der Waals surface area contributed by atoms with Crippen molar-refractivity contribution >= 4 is 11.8 Å². The third-order valence-corrected chi connectivity index (χ3v) is 4.46. The van der Waals surface area contributed by atoms with Gasteiger partial charge in [0, 0.05) is 25.1 Å². The molecule has 0 aromatic carbocycles. The summed E-state index contributed by atoms with van der Waals surface area (Å²) in [5.41, 5.74) is 1.12. The number of amides is 2. The molecule has 4 rings (SSSR count). The second kappa shape index (κ2) is 6.03. The summed E-state index contributed by atoms with van der Waals surface area (Å²) in [6.45, 7) is 1.41. The molecule has 1 saturated carbocycles. The van der Waals surface area contributed by atoms with Crippen molar-refractivity contribution in [2.24, 2.45) is 5.92 Å². The van der Waals surface area contributed by atoms with Crippen LogP contribution >= 0.6 is 0 Å². The van der Waals surface area contributed by atoms with Crippen molar-refractivity contribution in [2.45, 2.75) is 25.4 Å². The van der Waals surface area contributed by atoms with Gasteiger partial charge in [-0.1, -0.05) is 0 Å². The predicted molar refractivity (Wildman–Crippen MR) is 83.8 cm³/mol. The van der Waals surface area contributed by atoms with E-state index < -0.39 is 6.04 Å². The lowest BCUT2D eigenvalue weighted by molar-refractivity contribution is -0.125. The van der Waals surface area contributed by atoms with Crippen LogP contribution in [0.4, 0.5) is 0 Å². The highest BCUT2D eigenvalue weighted by Crippen LogP contribution is 2.28. The number of nitrogens with one attached hydrogen (secondary N) is 1. The van der Waals surface area contributed by atoms with Crippen LogP contribution in [-0.4, -0.2) is 49.3 Å². The number of fused-ring (bicyclic) bond motifs is 1. The summed E-state index contributed by atoms with van der Waals surface area (Å²) >= 11 is 0. The maximum Gasteiger partial charge on any atom is 0.274 e. The summed E-state index contributed by atoms with van der Waals surface area (Å²) < 4.78 is 1.85. The summed E-state index contributed by atoms with van der Waals surface area (Å²) in [4.78, 5) is 39.0. The molecule has 1 N–H and O–H groups in total. The number of imidazole rings is 1. The number of nitrogens with zero attached hydrogens (tertiary/aromatic N) is 5. The zero-order chi connectivity index (χ0) is 16.5. The Morgan fingerprint density at radius 1 is 1.21 bits per heavy atom. The summed E-state index contributed by atoms with van der Waals surface area (Å²) in [7, 11) is 0. The van der Waals surface area contributed by atoms with E-state index in [9.17, 15) is 9.59 Å². The summed E-state index contributed by atoms with van der Waals surface area (Å²) in [5, 5.41) is 2.99. The molecular formula is C16H18N6O2. The molecule has 3 heterocycles. The Labute approximate surface area is 138 Å². The SMILES string of the molecule is O=C(NCC1CC1)C1CN(C(=O)c2cnccn2)Cc2cncn21. The maximum atomic E-state index is 12.6. The number of carbonyl (C=O) groups excluding carboxylic acids is 2. The Morgan fingerprint density at radius 2 is 2.08 bits per heavy atom. The molecule has 8 nitrogen and oxygen atoms in total. The van der Waals surface area contributed by atoms with Crippen LogP contribution in [0.25, 0.3) is 0 Å². The molecule has 2 aliphatic rings. The predicted octanol–water partition coefficient (Wildman–Crippen LogP) is 0.396. The van der Waals surface area contributed by atoms with Crippen molar-refractivity contribution in [1.29, 1.82) is 0 Å². The van der Waals surface area contributed by atoms with E-state index in [1.54, 1.807) is 17.4 Å². The summed E-state index contributed by atoms with van der Waals surface area (Å²) in [6, 6.07) is -0.462. The molecule has 1 aliphatic carbocycles. The van der Waals surface area contributed by atoms with Gasteiger partial charge >= 0.3 is 0 Å². The minimum Gasteiger partial charge on any atom is -0.354 e. The van der Waals surface area contributed by atoms with Gasteiger partial charge in [-0.05, 0) is 18.8 Å². The Morgan fingerprint density at radius 3 is 2.83 bits per heavy atom. The molecule has 24 heavy (non-hydrogen) atoms.